The Hall–Kier alpha value is -4.92. The van der Waals surface area contributed by atoms with Gasteiger partial charge in [-0.25, -0.2) is 0 Å². The molecule has 0 radical (unpaired) electrons. The maximum atomic E-state index is 13.9. The second kappa shape index (κ2) is 32.0. The highest BCUT2D eigenvalue weighted by Crippen LogP contribution is 2.06. The minimum Gasteiger partial charge on any atom is -0.383 e. The topological polar surface area (TPSA) is 241 Å². The number of primary amides is 1. The molecule has 0 aromatic heterocycles. The lowest BCUT2D eigenvalue weighted by molar-refractivity contribution is -0.149. The van der Waals surface area contributed by atoms with Crippen LogP contribution in [-0.4, -0.2) is 255 Å². The Balaban J connectivity index is 6.32. The third-order valence-electron chi connectivity index (χ3n) is 8.54. The van der Waals surface area contributed by atoms with E-state index in [9.17, 15) is 38.4 Å². The molecule has 0 aliphatic rings. The molecule has 0 atom stereocenters. The molecule has 0 spiro atoms. The van der Waals surface area contributed by atoms with E-state index in [2.05, 4.69) is 5.92 Å². The summed E-state index contributed by atoms with van der Waals surface area (Å²) in [5, 5.41) is 0. The van der Waals surface area contributed by atoms with Crippen LogP contribution in [0.5, 0.6) is 0 Å². The number of amides is 8. The minimum atomic E-state index is -0.757. The summed E-state index contributed by atoms with van der Waals surface area (Å²) in [6.07, 6.45) is 5.35. The van der Waals surface area contributed by atoms with Gasteiger partial charge in [-0.05, 0) is 0 Å². The Labute approximate surface area is 347 Å². The molecule has 22 nitrogen and oxygen atoms in total. The average Bonchev–Trinajstić information content (AvgIpc) is 3.20. The van der Waals surface area contributed by atoms with Gasteiger partial charge in [-0.2, -0.15) is 0 Å². The molecule has 0 saturated carbocycles. The lowest BCUT2D eigenvalue weighted by Crippen LogP contribution is -2.53. The molecule has 0 unspecified atom stereocenters. The van der Waals surface area contributed by atoms with Gasteiger partial charge in [0.25, 0.3) is 0 Å². The van der Waals surface area contributed by atoms with Gasteiger partial charge >= 0.3 is 0 Å². The number of carbonyl (C=O) groups is 8. The van der Waals surface area contributed by atoms with Gasteiger partial charge in [-0.15, -0.1) is 6.42 Å². The number of ether oxygens (including phenoxy) is 6. The molecule has 59 heavy (non-hydrogen) atoms. The minimum absolute atomic E-state index is 0.00403. The van der Waals surface area contributed by atoms with E-state index in [-0.39, 0.29) is 92.0 Å². The maximum absolute atomic E-state index is 13.9. The SMILES string of the molecule is C#CCN(CC(=O)N(CCOC)CC(=O)N(CCOC)CC(=O)N(CCOC)CC(=O)N(CCOC)CC(=O)N(CCOC)CC(=O)N(CCOC)CC(N)=O)C(C)=O. The van der Waals surface area contributed by atoms with E-state index >= 15 is 0 Å². The number of rotatable bonds is 33. The van der Waals surface area contributed by atoms with E-state index < -0.39 is 86.5 Å². The summed E-state index contributed by atoms with van der Waals surface area (Å²) in [6, 6.07) is 0. The predicted molar refractivity (Wildman–Crippen MR) is 211 cm³/mol. The second-order valence-electron chi connectivity index (χ2n) is 12.9. The quantitative estimate of drug-likeness (QED) is 0.0617. The van der Waals surface area contributed by atoms with Crippen LogP contribution < -0.4 is 5.73 Å². The zero-order valence-electron chi connectivity index (χ0n) is 35.6. The van der Waals surface area contributed by atoms with Crippen LogP contribution in [0.25, 0.3) is 0 Å². The molecule has 0 aromatic carbocycles. The van der Waals surface area contributed by atoms with Crippen LogP contribution in [0.4, 0.5) is 0 Å². The van der Waals surface area contributed by atoms with Gasteiger partial charge in [0.05, 0.1) is 85.5 Å². The normalized spacial score (nSPS) is 10.6. The van der Waals surface area contributed by atoms with Crippen molar-refractivity contribution in [3.63, 3.8) is 0 Å². The second-order valence-corrected chi connectivity index (χ2v) is 12.9. The summed E-state index contributed by atoms with van der Waals surface area (Å²) >= 11 is 0. The van der Waals surface area contributed by atoms with Crippen LogP contribution in [0.2, 0.25) is 0 Å². The number of terminal acetylenes is 1. The van der Waals surface area contributed by atoms with Crippen molar-refractivity contribution in [2.45, 2.75) is 6.92 Å². The first-order chi connectivity index (χ1) is 28.1. The summed E-state index contributed by atoms with van der Waals surface area (Å²) in [7, 11) is 8.47. The smallest absolute Gasteiger partial charge is 0.242 e. The van der Waals surface area contributed by atoms with Crippen LogP contribution in [0.3, 0.4) is 0 Å². The fraction of sp³-hybridized carbons (Fsp3) is 0.730. The van der Waals surface area contributed by atoms with Gasteiger partial charge in [0.2, 0.25) is 47.3 Å². The van der Waals surface area contributed by atoms with Gasteiger partial charge in [-0.3, -0.25) is 38.4 Å². The zero-order chi connectivity index (χ0) is 44.8. The van der Waals surface area contributed by atoms with E-state index in [4.69, 9.17) is 40.6 Å². The first-order valence-corrected chi connectivity index (χ1v) is 18.7. The Morgan fingerprint density at radius 3 is 0.780 bits per heavy atom. The molecule has 0 aliphatic carbocycles. The molecule has 2 N–H and O–H groups in total. The van der Waals surface area contributed by atoms with Crippen LogP contribution in [0.1, 0.15) is 6.92 Å². The van der Waals surface area contributed by atoms with Gasteiger partial charge in [0.15, 0.2) is 0 Å². The van der Waals surface area contributed by atoms with Gasteiger partial charge in [0.1, 0.15) is 6.54 Å². The Morgan fingerprint density at radius 1 is 0.407 bits per heavy atom. The van der Waals surface area contributed by atoms with E-state index in [1.165, 1.54) is 74.1 Å². The highest BCUT2D eigenvalue weighted by molar-refractivity contribution is 5.93. The summed E-state index contributed by atoms with van der Waals surface area (Å²) in [6.45, 7) is -1.98. The fourth-order valence-electron chi connectivity index (χ4n) is 5.12. The first kappa shape index (κ1) is 54.1. The van der Waals surface area contributed by atoms with Crippen LogP contribution in [-0.2, 0) is 66.8 Å². The average molecular weight is 845 g/mol. The van der Waals surface area contributed by atoms with Gasteiger partial charge in [-0.1, -0.05) is 5.92 Å². The summed E-state index contributed by atoms with van der Waals surface area (Å²) < 4.78 is 30.8. The lowest BCUT2D eigenvalue weighted by Gasteiger charge is -2.32. The van der Waals surface area contributed by atoms with E-state index in [1.807, 2.05) is 0 Å². The molecule has 0 aliphatic heterocycles. The molecule has 22 heteroatoms. The molecule has 0 heterocycles. The number of nitrogens with zero attached hydrogens (tertiary/aromatic N) is 7. The van der Waals surface area contributed by atoms with Crippen molar-refractivity contribution in [1.82, 2.24) is 34.3 Å². The molecule has 0 saturated heterocycles. The largest absolute Gasteiger partial charge is 0.383 e. The lowest BCUT2D eigenvalue weighted by atomic mass is 10.3. The standard InChI is InChI=1S/C37H64N8O14/c1-9-10-39(30(2)46)24-32(48)41(12-18-55-4)26-34(50)43(14-20-57-6)28-36(52)45(16-22-59-8)29-37(53)44(15-21-58-7)27-35(51)42(13-19-56-5)25-33(49)40(11-17-54-3)23-31(38)47/h1H,10-29H2,2-8H3,(H2,38,47). The Bertz CT molecular complexity index is 1380. The predicted octanol–water partition coefficient (Wildman–Crippen LogP) is -4.20. The third kappa shape index (κ3) is 22.7. The number of methoxy groups -OCH3 is 6. The summed E-state index contributed by atoms with van der Waals surface area (Å²) in [5.74, 6) is -2.59. The van der Waals surface area contributed by atoms with Gasteiger partial charge < -0.3 is 68.5 Å². The molecule has 0 aromatic rings. The molecule has 8 amide bonds. The molecular weight excluding hydrogens is 780 g/mol. The first-order valence-electron chi connectivity index (χ1n) is 18.7. The van der Waals surface area contributed by atoms with Crippen molar-refractivity contribution in [3.05, 3.63) is 0 Å². The highest BCUT2D eigenvalue weighted by Gasteiger charge is 2.30. The van der Waals surface area contributed by atoms with E-state index in [1.54, 1.807) is 0 Å². The molecule has 336 valence electrons. The van der Waals surface area contributed by atoms with E-state index in [0.717, 1.165) is 9.80 Å². The molecule has 0 rings (SSSR count). The van der Waals surface area contributed by atoms with Crippen LogP contribution in [0.15, 0.2) is 0 Å². The van der Waals surface area contributed by atoms with Crippen molar-refractivity contribution < 1.29 is 66.8 Å². The number of hydrogen-bond acceptors (Lipinski definition) is 14. The molecular formula is C37H64N8O14. The van der Waals surface area contributed by atoms with Crippen molar-refractivity contribution >= 4 is 47.3 Å². The Kier molecular flexibility index (Phi) is 29.3. The Morgan fingerprint density at radius 2 is 0.610 bits per heavy atom. The van der Waals surface area contributed by atoms with Crippen LogP contribution in [0, 0.1) is 12.3 Å². The van der Waals surface area contributed by atoms with Crippen molar-refractivity contribution in [2.24, 2.45) is 5.73 Å². The van der Waals surface area contributed by atoms with Crippen molar-refractivity contribution in [2.75, 3.05) is 174 Å². The highest BCUT2D eigenvalue weighted by atomic mass is 16.5. The number of nitrogens with two attached hydrogens (primary N) is 1. The van der Waals surface area contributed by atoms with Crippen LogP contribution >= 0.6 is 0 Å². The van der Waals surface area contributed by atoms with Crippen molar-refractivity contribution in [3.8, 4) is 12.3 Å². The molecule has 0 fully saturated rings. The van der Waals surface area contributed by atoms with E-state index in [0.29, 0.717) is 0 Å². The zero-order valence-corrected chi connectivity index (χ0v) is 35.6. The third-order valence-corrected chi connectivity index (χ3v) is 8.54. The van der Waals surface area contributed by atoms with Gasteiger partial charge in [0, 0.05) is 88.9 Å². The number of carbonyl (C=O) groups excluding carboxylic acids is 8. The van der Waals surface area contributed by atoms with Crippen molar-refractivity contribution in [1.29, 1.82) is 0 Å². The summed E-state index contributed by atoms with van der Waals surface area (Å²) in [5.41, 5.74) is 5.33. The monoisotopic (exact) mass is 844 g/mol. The molecule has 0 bridgehead atoms. The maximum Gasteiger partial charge on any atom is 0.242 e. The number of hydrogen-bond donors (Lipinski definition) is 1. The fourth-order valence-corrected chi connectivity index (χ4v) is 5.12. The summed E-state index contributed by atoms with van der Waals surface area (Å²) in [4.78, 5) is 113.